The van der Waals surface area contributed by atoms with E-state index < -0.39 is 0 Å². The number of H-pyrrole nitrogens is 1. The molecule has 0 radical (unpaired) electrons. The quantitative estimate of drug-likeness (QED) is 0.601. The van der Waals surface area contributed by atoms with Crippen LogP contribution < -0.4 is 5.32 Å². The van der Waals surface area contributed by atoms with E-state index in [2.05, 4.69) is 15.3 Å². The fraction of sp³-hybridized carbons (Fsp3) is 0.417. The van der Waals surface area contributed by atoms with Gasteiger partial charge in [0.2, 0.25) is 0 Å². The number of nitrogens with zero attached hydrogens (tertiary/aromatic N) is 1. The van der Waals surface area contributed by atoms with Gasteiger partial charge in [-0.15, -0.1) is 0 Å². The third-order valence-electron chi connectivity index (χ3n) is 2.70. The van der Waals surface area contributed by atoms with Crippen LogP contribution in [0.15, 0.2) is 18.2 Å². The molecule has 92 valence electrons. The highest BCUT2D eigenvalue weighted by Gasteiger charge is 2.05. The Morgan fingerprint density at radius 3 is 2.82 bits per heavy atom. The number of benzene rings is 1. The maximum atomic E-state index is 8.94. The Balaban J connectivity index is 2.08. The van der Waals surface area contributed by atoms with Crippen molar-refractivity contribution in [1.29, 1.82) is 0 Å². The average Bonchev–Trinajstić information content (AvgIpc) is 2.69. The molecule has 2 aromatic rings. The number of aromatic nitrogens is 2. The van der Waals surface area contributed by atoms with Crippen molar-refractivity contribution in [2.24, 2.45) is 0 Å². The minimum absolute atomic E-state index is 0.0675. The van der Waals surface area contributed by atoms with E-state index in [4.69, 9.17) is 10.2 Å². The summed E-state index contributed by atoms with van der Waals surface area (Å²) in [4.78, 5) is 7.50. The van der Waals surface area contributed by atoms with Crippen LogP contribution in [-0.2, 0) is 6.54 Å². The zero-order valence-corrected chi connectivity index (χ0v) is 9.77. The molecule has 2 rings (SSSR count). The first-order valence-corrected chi connectivity index (χ1v) is 5.63. The Morgan fingerprint density at radius 1 is 1.35 bits per heavy atom. The van der Waals surface area contributed by atoms with Crippen molar-refractivity contribution in [2.75, 3.05) is 13.2 Å². The number of nitrogens with one attached hydrogen (secondary N) is 2. The van der Waals surface area contributed by atoms with E-state index in [0.717, 1.165) is 22.4 Å². The lowest BCUT2D eigenvalue weighted by atomic mass is 10.2. The summed E-state index contributed by atoms with van der Waals surface area (Å²) in [6.45, 7) is 2.40. The molecule has 0 saturated heterocycles. The number of aromatic amines is 1. The van der Waals surface area contributed by atoms with E-state index >= 15 is 0 Å². The van der Waals surface area contributed by atoms with Gasteiger partial charge < -0.3 is 20.5 Å². The fourth-order valence-electron chi connectivity index (χ4n) is 1.74. The SMILES string of the molecule is Cc1nc2ccc(CNC(CO)CO)cc2[nH]1. The Morgan fingerprint density at radius 2 is 2.12 bits per heavy atom. The van der Waals surface area contributed by atoms with Gasteiger partial charge in [0, 0.05) is 6.54 Å². The monoisotopic (exact) mass is 235 g/mol. The molecule has 0 bridgehead atoms. The molecule has 0 amide bonds. The minimum Gasteiger partial charge on any atom is -0.395 e. The third-order valence-corrected chi connectivity index (χ3v) is 2.70. The molecule has 0 atom stereocenters. The van der Waals surface area contributed by atoms with Crippen molar-refractivity contribution in [3.8, 4) is 0 Å². The molecule has 1 aromatic carbocycles. The van der Waals surface area contributed by atoms with E-state index in [1.54, 1.807) is 0 Å². The summed E-state index contributed by atoms with van der Waals surface area (Å²) < 4.78 is 0. The Bertz CT molecular complexity index is 491. The molecular weight excluding hydrogens is 218 g/mol. The van der Waals surface area contributed by atoms with Crippen molar-refractivity contribution >= 4 is 11.0 Å². The minimum atomic E-state index is -0.269. The molecule has 0 saturated carbocycles. The first kappa shape index (κ1) is 12.0. The highest BCUT2D eigenvalue weighted by atomic mass is 16.3. The van der Waals surface area contributed by atoms with Crippen LogP contribution in [0.2, 0.25) is 0 Å². The van der Waals surface area contributed by atoms with Crippen LogP contribution in [0.25, 0.3) is 11.0 Å². The van der Waals surface area contributed by atoms with Gasteiger partial charge in [0.05, 0.1) is 30.3 Å². The van der Waals surface area contributed by atoms with Gasteiger partial charge in [0.25, 0.3) is 0 Å². The van der Waals surface area contributed by atoms with Crippen molar-refractivity contribution in [1.82, 2.24) is 15.3 Å². The summed E-state index contributed by atoms with van der Waals surface area (Å²) in [6, 6.07) is 5.70. The van der Waals surface area contributed by atoms with Crippen molar-refractivity contribution in [3.05, 3.63) is 29.6 Å². The Hall–Kier alpha value is -1.43. The van der Waals surface area contributed by atoms with Crippen LogP contribution in [0.4, 0.5) is 0 Å². The second-order valence-corrected chi connectivity index (χ2v) is 4.12. The summed E-state index contributed by atoms with van der Waals surface area (Å²) in [7, 11) is 0. The van der Waals surface area contributed by atoms with Crippen LogP contribution in [0, 0.1) is 6.92 Å². The summed E-state index contributed by atoms with van der Waals surface area (Å²) in [5.74, 6) is 0.897. The van der Waals surface area contributed by atoms with Gasteiger partial charge in [-0.25, -0.2) is 4.98 Å². The highest BCUT2D eigenvalue weighted by Crippen LogP contribution is 2.13. The molecule has 1 aromatic heterocycles. The molecule has 0 aliphatic rings. The largest absolute Gasteiger partial charge is 0.395 e. The van der Waals surface area contributed by atoms with Crippen LogP contribution in [0.1, 0.15) is 11.4 Å². The summed E-state index contributed by atoms with van der Waals surface area (Å²) in [5.41, 5.74) is 3.05. The van der Waals surface area contributed by atoms with Gasteiger partial charge in [-0.2, -0.15) is 0 Å². The lowest BCUT2D eigenvalue weighted by molar-refractivity contribution is 0.170. The summed E-state index contributed by atoms with van der Waals surface area (Å²) in [6.07, 6.45) is 0. The van der Waals surface area contributed by atoms with Gasteiger partial charge in [-0.1, -0.05) is 6.07 Å². The van der Waals surface area contributed by atoms with Crippen LogP contribution in [0.3, 0.4) is 0 Å². The average molecular weight is 235 g/mol. The molecule has 0 aliphatic heterocycles. The Kier molecular flexibility index (Phi) is 3.73. The molecule has 0 spiro atoms. The predicted octanol–water partition coefficient (Wildman–Crippen LogP) is 0.314. The molecule has 5 heteroatoms. The first-order valence-electron chi connectivity index (χ1n) is 5.63. The van der Waals surface area contributed by atoms with E-state index in [1.807, 2.05) is 25.1 Å². The molecule has 0 fully saturated rings. The number of fused-ring (bicyclic) bond motifs is 1. The number of aryl methyl sites for hydroxylation is 1. The third kappa shape index (κ3) is 2.82. The van der Waals surface area contributed by atoms with Crippen LogP contribution in [-0.4, -0.2) is 39.4 Å². The molecule has 1 heterocycles. The fourth-order valence-corrected chi connectivity index (χ4v) is 1.74. The summed E-state index contributed by atoms with van der Waals surface area (Å²) in [5, 5.41) is 21.0. The van der Waals surface area contributed by atoms with Gasteiger partial charge in [0.1, 0.15) is 5.82 Å². The van der Waals surface area contributed by atoms with Gasteiger partial charge >= 0.3 is 0 Å². The zero-order chi connectivity index (χ0) is 12.3. The number of imidazole rings is 1. The molecule has 0 unspecified atom stereocenters. The second-order valence-electron chi connectivity index (χ2n) is 4.12. The topological polar surface area (TPSA) is 81.2 Å². The first-order chi connectivity index (χ1) is 8.22. The standard InChI is InChI=1S/C12H17N3O2/c1-8-14-11-3-2-9(4-12(11)15-8)5-13-10(6-16)7-17/h2-4,10,13,16-17H,5-7H2,1H3,(H,14,15). The van der Waals surface area contributed by atoms with Crippen molar-refractivity contribution in [2.45, 2.75) is 19.5 Å². The van der Waals surface area contributed by atoms with Gasteiger partial charge in [0.15, 0.2) is 0 Å². The van der Waals surface area contributed by atoms with Crippen molar-refractivity contribution < 1.29 is 10.2 Å². The second kappa shape index (κ2) is 5.27. The van der Waals surface area contributed by atoms with Crippen LogP contribution >= 0.6 is 0 Å². The normalized spacial score (nSPS) is 11.5. The number of hydrogen-bond donors (Lipinski definition) is 4. The summed E-state index contributed by atoms with van der Waals surface area (Å²) >= 11 is 0. The van der Waals surface area contributed by atoms with E-state index in [0.29, 0.717) is 6.54 Å². The number of hydrogen-bond acceptors (Lipinski definition) is 4. The smallest absolute Gasteiger partial charge is 0.104 e. The molecule has 0 aliphatic carbocycles. The zero-order valence-electron chi connectivity index (χ0n) is 9.77. The maximum Gasteiger partial charge on any atom is 0.104 e. The molecular formula is C12H17N3O2. The number of rotatable bonds is 5. The predicted molar refractivity (Wildman–Crippen MR) is 65.6 cm³/mol. The number of aliphatic hydroxyl groups is 2. The molecule has 17 heavy (non-hydrogen) atoms. The van der Waals surface area contributed by atoms with Gasteiger partial charge in [-0.05, 0) is 24.6 Å². The highest BCUT2D eigenvalue weighted by molar-refractivity contribution is 5.75. The lowest BCUT2D eigenvalue weighted by Crippen LogP contribution is -2.35. The Labute approximate surface area is 99.5 Å². The van der Waals surface area contributed by atoms with Crippen LogP contribution in [0.5, 0.6) is 0 Å². The van der Waals surface area contributed by atoms with Crippen molar-refractivity contribution in [3.63, 3.8) is 0 Å². The molecule has 5 nitrogen and oxygen atoms in total. The molecule has 4 N–H and O–H groups in total. The number of aliphatic hydroxyl groups excluding tert-OH is 2. The van der Waals surface area contributed by atoms with E-state index in [-0.39, 0.29) is 19.3 Å². The lowest BCUT2D eigenvalue weighted by Gasteiger charge is -2.12. The van der Waals surface area contributed by atoms with Gasteiger partial charge in [-0.3, -0.25) is 0 Å². The van der Waals surface area contributed by atoms with E-state index in [9.17, 15) is 0 Å². The maximum absolute atomic E-state index is 8.94. The van der Waals surface area contributed by atoms with E-state index in [1.165, 1.54) is 0 Å².